The van der Waals surface area contributed by atoms with E-state index in [1.165, 1.54) is 154 Å². The van der Waals surface area contributed by atoms with E-state index in [0.717, 1.165) is 32.1 Å². The number of hydrogen-bond acceptors (Lipinski definition) is 8. The Balaban J connectivity index is 4.22. The summed E-state index contributed by atoms with van der Waals surface area (Å²) in [5, 5.41) is 0. The molecule has 322 valence electrons. The summed E-state index contributed by atoms with van der Waals surface area (Å²) in [6, 6.07) is 0. The minimum atomic E-state index is -4.61. The van der Waals surface area contributed by atoms with Gasteiger partial charge in [0.05, 0.1) is 27.7 Å². The minimum Gasteiger partial charge on any atom is -0.756 e. The highest BCUT2D eigenvalue weighted by molar-refractivity contribution is 7.45. The first-order valence-corrected chi connectivity index (χ1v) is 24.2. The summed E-state index contributed by atoms with van der Waals surface area (Å²) in [5.74, 6) is -0.820. The van der Waals surface area contributed by atoms with Crippen molar-refractivity contribution in [2.75, 3.05) is 47.5 Å². The summed E-state index contributed by atoms with van der Waals surface area (Å²) in [4.78, 5) is 37.5. The van der Waals surface area contributed by atoms with Crippen LogP contribution in [-0.2, 0) is 32.7 Å². The summed E-state index contributed by atoms with van der Waals surface area (Å²) in [6.07, 6.45) is 37.0. The number of hydrogen-bond donors (Lipinski definition) is 0. The van der Waals surface area contributed by atoms with Crippen LogP contribution in [0.15, 0.2) is 0 Å². The average Bonchev–Trinajstić information content (AvgIpc) is 3.12. The van der Waals surface area contributed by atoms with Gasteiger partial charge in [-0.05, 0) is 12.8 Å². The molecule has 0 fully saturated rings. The van der Waals surface area contributed by atoms with E-state index in [-0.39, 0.29) is 32.0 Å². The fourth-order valence-electron chi connectivity index (χ4n) is 6.54. The number of carbonyl (C=O) groups is 2. The zero-order valence-corrected chi connectivity index (χ0v) is 37.1. The number of quaternary nitrogens is 1. The Labute approximate surface area is 334 Å². The molecule has 0 aliphatic carbocycles. The second-order valence-electron chi connectivity index (χ2n) is 16.8. The molecule has 9 nitrogen and oxygen atoms in total. The predicted octanol–water partition coefficient (Wildman–Crippen LogP) is 12.2. The molecule has 0 aromatic carbocycles. The number of likely N-dealkylation sites (N-methyl/N-ethyl adjacent to an activating group) is 1. The van der Waals surface area contributed by atoms with Crippen molar-refractivity contribution < 1.29 is 42.1 Å². The van der Waals surface area contributed by atoms with E-state index in [1.54, 1.807) is 0 Å². The molecular formula is C44H88NO8P. The van der Waals surface area contributed by atoms with Crippen LogP contribution in [-0.4, -0.2) is 70.0 Å². The Bertz CT molecular complexity index is 896. The molecule has 0 bridgehead atoms. The lowest BCUT2D eigenvalue weighted by Gasteiger charge is -2.28. The molecule has 0 radical (unpaired) electrons. The molecule has 0 amide bonds. The van der Waals surface area contributed by atoms with Gasteiger partial charge in [0.1, 0.15) is 19.8 Å². The van der Waals surface area contributed by atoms with Gasteiger partial charge in [0, 0.05) is 12.8 Å². The first-order chi connectivity index (χ1) is 26.0. The third-order valence-corrected chi connectivity index (χ3v) is 11.1. The van der Waals surface area contributed by atoms with Crippen LogP contribution < -0.4 is 4.89 Å². The molecule has 0 aliphatic rings. The van der Waals surface area contributed by atoms with E-state index in [1.807, 2.05) is 21.1 Å². The summed E-state index contributed by atoms with van der Waals surface area (Å²) in [7, 11) is 1.18. The number of esters is 2. The van der Waals surface area contributed by atoms with E-state index in [0.29, 0.717) is 17.4 Å². The fourth-order valence-corrected chi connectivity index (χ4v) is 7.27. The van der Waals surface area contributed by atoms with Gasteiger partial charge in [-0.15, -0.1) is 0 Å². The maximum atomic E-state index is 12.6. The SMILES string of the molecule is CCCCCCCCCCCCCCCCCCCCCC(=O)OC[C@H](COP(=O)([O-])OCC[N+](C)(C)C)OC(=O)CCCCCCCCCCCCC. The van der Waals surface area contributed by atoms with Gasteiger partial charge in [-0.3, -0.25) is 14.2 Å². The molecule has 54 heavy (non-hydrogen) atoms. The molecule has 10 heteroatoms. The molecule has 0 rings (SSSR count). The number of phosphoric ester groups is 1. The molecule has 0 aromatic heterocycles. The number of carbonyl (C=O) groups excluding carboxylic acids is 2. The van der Waals surface area contributed by atoms with Crippen molar-refractivity contribution in [1.29, 1.82) is 0 Å². The van der Waals surface area contributed by atoms with E-state index >= 15 is 0 Å². The lowest BCUT2D eigenvalue weighted by molar-refractivity contribution is -0.870. The Morgan fingerprint density at radius 3 is 1.19 bits per heavy atom. The molecule has 0 saturated carbocycles. The van der Waals surface area contributed by atoms with Gasteiger partial charge in [0.25, 0.3) is 7.82 Å². The minimum absolute atomic E-state index is 0.0258. The van der Waals surface area contributed by atoms with Crippen LogP contribution >= 0.6 is 7.82 Å². The molecule has 0 N–H and O–H groups in total. The molecule has 0 saturated heterocycles. The summed E-state index contributed by atoms with van der Waals surface area (Å²) in [5.41, 5.74) is 0. The maximum Gasteiger partial charge on any atom is 0.306 e. The monoisotopic (exact) mass is 790 g/mol. The highest BCUT2D eigenvalue weighted by atomic mass is 31.2. The third kappa shape index (κ3) is 40.7. The van der Waals surface area contributed by atoms with Gasteiger partial charge in [-0.2, -0.15) is 0 Å². The molecule has 1 unspecified atom stereocenters. The van der Waals surface area contributed by atoms with Crippen molar-refractivity contribution >= 4 is 19.8 Å². The van der Waals surface area contributed by atoms with Gasteiger partial charge in [0.2, 0.25) is 0 Å². The summed E-state index contributed by atoms with van der Waals surface area (Å²) in [6.45, 7) is 4.25. The number of ether oxygens (including phenoxy) is 2. The topological polar surface area (TPSA) is 111 Å². The zero-order chi connectivity index (χ0) is 40.0. The average molecular weight is 790 g/mol. The number of unbranched alkanes of at least 4 members (excludes halogenated alkanes) is 28. The van der Waals surface area contributed by atoms with Crippen molar-refractivity contribution in [3.8, 4) is 0 Å². The molecular weight excluding hydrogens is 701 g/mol. The Hall–Kier alpha value is -0.990. The van der Waals surface area contributed by atoms with Gasteiger partial charge >= 0.3 is 11.9 Å². The van der Waals surface area contributed by atoms with Crippen LogP contribution in [0.1, 0.15) is 219 Å². The largest absolute Gasteiger partial charge is 0.756 e. The third-order valence-electron chi connectivity index (χ3n) is 10.1. The van der Waals surface area contributed by atoms with Crippen LogP contribution in [0.3, 0.4) is 0 Å². The highest BCUT2D eigenvalue weighted by Gasteiger charge is 2.21. The van der Waals surface area contributed by atoms with Crippen molar-refractivity contribution in [2.45, 2.75) is 225 Å². The second kappa shape index (κ2) is 37.6. The van der Waals surface area contributed by atoms with E-state index < -0.39 is 26.5 Å². The quantitative estimate of drug-likeness (QED) is 0.0260. The maximum absolute atomic E-state index is 12.6. The molecule has 0 heterocycles. The molecule has 0 aromatic rings. The van der Waals surface area contributed by atoms with Gasteiger partial charge in [-0.1, -0.05) is 194 Å². The molecule has 0 spiro atoms. The van der Waals surface area contributed by atoms with E-state index in [2.05, 4.69) is 13.8 Å². The Morgan fingerprint density at radius 1 is 0.500 bits per heavy atom. The fraction of sp³-hybridized carbons (Fsp3) is 0.955. The van der Waals surface area contributed by atoms with E-state index in [4.69, 9.17) is 18.5 Å². The van der Waals surface area contributed by atoms with Crippen molar-refractivity contribution in [3.63, 3.8) is 0 Å². The lowest BCUT2D eigenvalue weighted by Crippen LogP contribution is -2.37. The number of rotatable bonds is 42. The van der Waals surface area contributed by atoms with Crippen LogP contribution in [0.4, 0.5) is 0 Å². The van der Waals surface area contributed by atoms with Crippen LogP contribution in [0.25, 0.3) is 0 Å². The highest BCUT2D eigenvalue weighted by Crippen LogP contribution is 2.38. The van der Waals surface area contributed by atoms with Crippen LogP contribution in [0.5, 0.6) is 0 Å². The van der Waals surface area contributed by atoms with Gasteiger partial charge < -0.3 is 27.9 Å². The van der Waals surface area contributed by atoms with E-state index in [9.17, 15) is 19.0 Å². The van der Waals surface area contributed by atoms with Crippen LogP contribution in [0.2, 0.25) is 0 Å². The number of phosphoric acid groups is 1. The normalized spacial score (nSPS) is 13.5. The summed E-state index contributed by atoms with van der Waals surface area (Å²) < 4.78 is 33.9. The molecule has 2 atom stereocenters. The van der Waals surface area contributed by atoms with Gasteiger partial charge in [-0.25, -0.2) is 0 Å². The van der Waals surface area contributed by atoms with Gasteiger partial charge in [0.15, 0.2) is 6.10 Å². The molecule has 0 aliphatic heterocycles. The zero-order valence-electron chi connectivity index (χ0n) is 36.2. The van der Waals surface area contributed by atoms with Crippen molar-refractivity contribution in [2.24, 2.45) is 0 Å². The van der Waals surface area contributed by atoms with Crippen molar-refractivity contribution in [1.82, 2.24) is 0 Å². The lowest BCUT2D eigenvalue weighted by atomic mass is 10.0. The first kappa shape index (κ1) is 53.0. The Morgan fingerprint density at radius 2 is 0.833 bits per heavy atom. The first-order valence-electron chi connectivity index (χ1n) is 22.7. The van der Waals surface area contributed by atoms with Crippen molar-refractivity contribution in [3.05, 3.63) is 0 Å². The summed E-state index contributed by atoms with van der Waals surface area (Å²) >= 11 is 0. The predicted molar refractivity (Wildman–Crippen MR) is 222 cm³/mol. The second-order valence-corrected chi connectivity index (χ2v) is 18.2. The van der Waals surface area contributed by atoms with Crippen LogP contribution in [0, 0.1) is 0 Å². The number of nitrogens with zero attached hydrogens (tertiary/aromatic N) is 1. The smallest absolute Gasteiger partial charge is 0.306 e. The standard InChI is InChI=1S/C44H88NO8P/c1-6-8-10-12-14-16-18-19-20-21-22-23-24-25-27-28-30-32-34-36-43(46)50-40-42(41-52-54(48,49)51-39-38-45(3,4)5)53-44(47)37-35-33-31-29-26-17-15-13-11-9-7-2/h42H,6-41H2,1-5H3/t42-/m1/s1. The Kier molecular flexibility index (Phi) is 36.9.